The molecule has 2 N–H and O–H groups in total. The number of aromatic amines is 1. The van der Waals surface area contributed by atoms with Crippen LogP contribution in [0.2, 0.25) is 5.02 Å². The van der Waals surface area contributed by atoms with E-state index in [9.17, 15) is 4.79 Å². The minimum absolute atomic E-state index is 0.0194. The monoisotopic (exact) mass is 368 g/mol. The molecule has 5 nitrogen and oxygen atoms in total. The van der Waals surface area contributed by atoms with E-state index in [0.717, 1.165) is 47.5 Å². The van der Waals surface area contributed by atoms with E-state index in [4.69, 9.17) is 11.6 Å². The largest absolute Gasteiger partial charge is 0.340 e. The zero-order valence-corrected chi connectivity index (χ0v) is 15.4. The number of aromatic nitrogens is 2. The second kappa shape index (κ2) is 7.09. The number of amides is 1. The molecular formula is C20H21ClN4O. The van der Waals surface area contributed by atoms with Crippen LogP contribution in [0.1, 0.15) is 34.1 Å². The summed E-state index contributed by atoms with van der Waals surface area (Å²) in [6, 6.07) is 13.5. The Kier molecular flexibility index (Phi) is 4.66. The van der Waals surface area contributed by atoms with Crippen LogP contribution in [0, 0.1) is 0 Å². The fraction of sp³-hybridized carbons (Fsp3) is 0.300. The number of halogens is 1. The second-order valence-corrected chi connectivity index (χ2v) is 7.22. The summed E-state index contributed by atoms with van der Waals surface area (Å²) in [6.45, 7) is 2.35. The van der Waals surface area contributed by atoms with Gasteiger partial charge in [-0.1, -0.05) is 29.8 Å². The lowest BCUT2D eigenvalue weighted by Gasteiger charge is -2.20. The summed E-state index contributed by atoms with van der Waals surface area (Å²) in [7, 11) is 1.81. The van der Waals surface area contributed by atoms with Crippen LogP contribution in [0.3, 0.4) is 0 Å². The Balaban J connectivity index is 1.56. The fourth-order valence-corrected chi connectivity index (χ4v) is 3.75. The molecule has 0 spiro atoms. The van der Waals surface area contributed by atoms with E-state index in [1.807, 2.05) is 43.4 Å². The second-order valence-electron chi connectivity index (χ2n) is 6.78. The van der Waals surface area contributed by atoms with E-state index < -0.39 is 0 Å². The highest BCUT2D eigenvalue weighted by atomic mass is 35.5. The van der Waals surface area contributed by atoms with Gasteiger partial charge in [-0.25, -0.2) is 4.98 Å². The quantitative estimate of drug-likeness (QED) is 0.740. The molecule has 0 aliphatic carbocycles. The number of nitrogens with zero attached hydrogens (tertiary/aromatic N) is 2. The van der Waals surface area contributed by atoms with Gasteiger partial charge in [0.05, 0.1) is 17.6 Å². The van der Waals surface area contributed by atoms with Gasteiger partial charge in [-0.15, -0.1) is 0 Å². The highest BCUT2D eigenvalue weighted by Gasteiger charge is 2.24. The molecular weight excluding hydrogens is 348 g/mol. The number of hydrogen-bond donors (Lipinski definition) is 2. The highest BCUT2D eigenvalue weighted by Crippen LogP contribution is 2.26. The molecule has 1 aliphatic rings. The molecule has 3 aromatic rings. The summed E-state index contributed by atoms with van der Waals surface area (Å²) < 4.78 is 0. The van der Waals surface area contributed by atoms with Crippen molar-refractivity contribution >= 4 is 28.5 Å². The summed E-state index contributed by atoms with van der Waals surface area (Å²) >= 11 is 6.03. The Hall–Kier alpha value is -2.37. The van der Waals surface area contributed by atoms with E-state index in [2.05, 4.69) is 21.4 Å². The molecule has 1 amide bonds. The third kappa shape index (κ3) is 3.32. The van der Waals surface area contributed by atoms with Gasteiger partial charge in [0.25, 0.3) is 5.91 Å². The van der Waals surface area contributed by atoms with E-state index >= 15 is 0 Å². The molecule has 2 aromatic carbocycles. The van der Waals surface area contributed by atoms with Gasteiger partial charge < -0.3 is 15.2 Å². The van der Waals surface area contributed by atoms with Crippen molar-refractivity contribution in [2.45, 2.75) is 18.9 Å². The molecule has 0 unspecified atom stereocenters. The number of carbonyl (C=O) groups is 1. The molecule has 2 heterocycles. The molecule has 1 saturated heterocycles. The Morgan fingerprint density at radius 1 is 1.31 bits per heavy atom. The molecule has 134 valence electrons. The third-order valence-corrected chi connectivity index (χ3v) is 5.15. The van der Waals surface area contributed by atoms with Crippen molar-refractivity contribution in [1.82, 2.24) is 20.2 Å². The lowest BCUT2D eigenvalue weighted by molar-refractivity contribution is 0.0780. The van der Waals surface area contributed by atoms with Gasteiger partial charge in [-0.2, -0.15) is 0 Å². The molecule has 1 fully saturated rings. The van der Waals surface area contributed by atoms with Crippen molar-refractivity contribution in [3.63, 3.8) is 0 Å². The number of carbonyl (C=O) groups excluding carboxylic acids is 1. The van der Waals surface area contributed by atoms with E-state index in [1.165, 1.54) is 0 Å². The molecule has 26 heavy (non-hydrogen) atoms. The summed E-state index contributed by atoms with van der Waals surface area (Å²) in [5.41, 5.74) is 3.64. The lowest BCUT2D eigenvalue weighted by atomic mass is 9.93. The van der Waals surface area contributed by atoms with Crippen LogP contribution in [0.25, 0.3) is 11.0 Å². The van der Waals surface area contributed by atoms with Crippen LogP contribution in [0.4, 0.5) is 0 Å². The minimum Gasteiger partial charge on any atom is -0.340 e. The lowest BCUT2D eigenvalue weighted by Crippen LogP contribution is -2.28. The van der Waals surface area contributed by atoms with E-state index in [0.29, 0.717) is 17.5 Å². The van der Waals surface area contributed by atoms with Crippen molar-refractivity contribution in [3.8, 4) is 0 Å². The summed E-state index contributed by atoms with van der Waals surface area (Å²) in [4.78, 5) is 22.5. The van der Waals surface area contributed by atoms with Gasteiger partial charge >= 0.3 is 0 Å². The number of benzene rings is 2. The molecule has 0 radical (unpaired) electrons. The SMILES string of the molecule is CN(Cc1nc2ccc(Cl)cc2[nH]1)C(=O)c1ccccc1[C@H]1CCNC1. The summed E-state index contributed by atoms with van der Waals surface area (Å²) in [5, 5.41) is 4.04. The topological polar surface area (TPSA) is 61.0 Å². The maximum atomic E-state index is 13.0. The summed E-state index contributed by atoms with van der Waals surface area (Å²) in [6.07, 6.45) is 1.07. The molecule has 1 atom stereocenters. The molecule has 1 aliphatic heterocycles. The Bertz CT molecular complexity index is 946. The van der Waals surface area contributed by atoms with Crippen molar-refractivity contribution in [1.29, 1.82) is 0 Å². The molecule has 0 bridgehead atoms. The van der Waals surface area contributed by atoms with Crippen LogP contribution in [0.5, 0.6) is 0 Å². The predicted molar refractivity (Wildman–Crippen MR) is 104 cm³/mol. The predicted octanol–water partition coefficient (Wildman–Crippen LogP) is 3.57. The van der Waals surface area contributed by atoms with Gasteiger partial charge in [0.1, 0.15) is 5.82 Å². The van der Waals surface area contributed by atoms with E-state index in [1.54, 1.807) is 4.90 Å². The van der Waals surface area contributed by atoms with Crippen molar-refractivity contribution in [3.05, 3.63) is 64.4 Å². The normalized spacial score (nSPS) is 16.9. The maximum Gasteiger partial charge on any atom is 0.254 e. The standard InChI is InChI=1S/C20H21ClN4O/c1-25(12-19-23-17-7-6-14(21)10-18(17)24-19)20(26)16-5-3-2-4-15(16)13-8-9-22-11-13/h2-7,10,13,22H,8-9,11-12H2,1H3,(H,23,24)/t13-/m0/s1. The number of hydrogen-bond acceptors (Lipinski definition) is 3. The van der Waals surface area contributed by atoms with Gasteiger partial charge in [0.15, 0.2) is 0 Å². The van der Waals surface area contributed by atoms with Gasteiger partial charge in [-0.05, 0) is 48.7 Å². The number of H-pyrrole nitrogens is 1. The molecule has 6 heteroatoms. The number of imidazole rings is 1. The molecule has 0 saturated carbocycles. The fourth-order valence-electron chi connectivity index (χ4n) is 3.58. The Morgan fingerprint density at radius 3 is 2.96 bits per heavy atom. The van der Waals surface area contributed by atoms with E-state index in [-0.39, 0.29) is 5.91 Å². The Labute approximate surface area is 157 Å². The van der Waals surface area contributed by atoms with Crippen LogP contribution in [-0.4, -0.2) is 40.9 Å². The maximum absolute atomic E-state index is 13.0. The van der Waals surface area contributed by atoms with Crippen LogP contribution < -0.4 is 5.32 Å². The average Bonchev–Trinajstić information content (AvgIpc) is 3.30. The number of nitrogens with one attached hydrogen (secondary N) is 2. The first-order valence-corrected chi connectivity index (χ1v) is 9.19. The van der Waals surface area contributed by atoms with Gasteiger partial charge in [0, 0.05) is 24.2 Å². The third-order valence-electron chi connectivity index (χ3n) is 4.92. The first-order valence-electron chi connectivity index (χ1n) is 8.81. The average molecular weight is 369 g/mol. The zero-order valence-electron chi connectivity index (χ0n) is 14.6. The van der Waals surface area contributed by atoms with Crippen molar-refractivity contribution in [2.24, 2.45) is 0 Å². The first-order chi connectivity index (χ1) is 12.6. The van der Waals surface area contributed by atoms with Gasteiger partial charge in [0.2, 0.25) is 0 Å². The van der Waals surface area contributed by atoms with Gasteiger partial charge in [-0.3, -0.25) is 4.79 Å². The smallest absolute Gasteiger partial charge is 0.254 e. The summed E-state index contributed by atoms with van der Waals surface area (Å²) in [5.74, 6) is 1.17. The Morgan fingerprint density at radius 2 is 2.15 bits per heavy atom. The van der Waals surface area contributed by atoms with Crippen LogP contribution >= 0.6 is 11.6 Å². The van der Waals surface area contributed by atoms with Crippen LogP contribution in [0.15, 0.2) is 42.5 Å². The molecule has 4 rings (SSSR count). The minimum atomic E-state index is 0.0194. The van der Waals surface area contributed by atoms with Crippen LogP contribution in [-0.2, 0) is 6.54 Å². The first kappa shape index (κ1) is 17.1. The zero-order chi connectivity index (χ0) is 18.1. The number of rotatable bonds is 4. The highest BCUT2D eigenvalue weighted by molar-refractivity contribution is 6.31. The van der Waals surface area contributed by atoms with Crippen molar-refractivity contribution in [2.75, 3.05) is 20.1 Å². The number of fused-ring (bicyclic) bond motifs is 1. The molecule has 1 aromatic heterocycles. The van der Waals surface area contributed by atoms with Crippen molar-refractivity contribution < 1.29 is 4.79 Å².